The maximum Gasteiger partial charge on any atom is 0.133 e. The molecule has 0 amide bonds. The second kappa shape index (κ2) is 4.71. The van der Waals surface area contributed by atoms with Crippen LogP contribution in [0.4, 0.5) is 0 Å². The Bertz CT molecular complexity index is 294. The summed E-state index contributed by atoms with van der Waals surface area (Å²) in [5.41, 5.74) is 0.103. The van der Waals surface area contributed by atoms with E-state index in [0.717, 1.165) is 10.6 Å². The molecule has 3 heteroatoms. The average molecular weight is 211 g/mol. The van der Waals surface area contributed by atoms with E-state index in [4.69, 9.17) is 4.74 Å². The molecule has 0 aliphatic rings. The van der Waals surface area contributed by atoms with Crippen molar-refractivity contribution >= 4 is 11.9 Å². The van der Waals surface area contributed by atoms with Gasteiger partial charge in [-0.15, -0.1) is 0 Å². The molecule has 0 aromatic heterocycles. The first-order valence-electron chi connectivity index (χ1n) is 4.60. The van der Waals surface area contributed by atoms with Gasteiger partial charge in [0.25, 0.3) is 0 Å². The molecule has 0 saturated heterocycles. The van der Waals surface area contributed by atoms with Crippen molar-refractivity contribution in [2.24, 2.45) is 0 Å². The number of methoxy groups -OCH3 is 1. The van der Waals surface area contributed by atoms with Crippen LogP contribution in [0.3, 0.4) is 0 Å². The number of hydrogen-bond acceptors (Lipinski definition) is 3. The fourth-order valence-electron chi connectivity index (χ4n) is 0.911. The summed E-state index contributed by atoms with van der Waals surface area (Å²) in [7, 11) is 1.69. The highest BCUT2D eigenvalue weighted by Crippen LogP contribution is 2.27. The zero-order chi connectivity index (χ0) is 10.6. The van der Waals surface area contributed by atoms with Crippen LogP contribution in [-0.2, 0) is 0 Å². The molecule has 1 aromatic carbocycles. The van der Waals surface area contributed by atoms with E-state index in [-0.39, 0.29) is 5.54 Å². The van der Waals surface area contributed by atoms with Crippen LogP contribution in [0.1, 0.15) is 20.8 Å². The summed E-state index contributed by atoms with van der Waals surface area (Å²) in [4.78, 5) is 1.12. The predicted molar refractivity (Wildman–Crippen MR) is 61.7 cm³/mol. The number of rotatable bonds is 3. The number of ether oxygens (including phenoxy) is 1. The Morgan fingerprint density at radius 1 is 1.21 bits per heavy atom. The summed E-state index contributed by atoms with van der Waals surface area (Å²) in [5, 5.41) is 0. The molecule has 0 aliphatic heterocycles. The first-order chi connectivity index (χ1) is 6.53. The van der Waals surface area contributed by atoms with Crippen molar-refractivity contribution in [3.05, 3.63) is 24.3 Å². The highest BCUT2D eigenvalue weighted by atomic mass is 32.2. The summed E-state index contributed by atoms with van der Waals surface area (Å²) in [6.07, 6.45) is 0. The molecule has 0 aliphatic carbocycles. The Morgan fingerprint density at radius 2 is 1.86 bits per heavy atom. The summed E-state index contributed by atoms with van der Waals surface area (Å²) < 4.78 is 8.60. The normalized spacial score (nSPS) is 11.4. The van der Waals surface area contributed by atoms with Gasteiger partial charge in [-0.25, -0.2) is 0 Å². The van der Waals surface area contributed by atoms with Crippen LogP contribution >= 0.6 is 11.9 Å². The molecule has 0 unspecified atom stereocenters. The molecule has 0 saturated carbocycles. The smallest absolute Gasteiger partial charge is 0.133 e. The van der Waals surface area contributed by atoms with Crippen LogP contribution in [0.25, 0.3) is 0 Å². The van der Waals surface area contributed by atoms with Gasteiger partial charge in [0.15, 0.2) is 0 Å². The van der Waals surface area contributed by atoms with E-state index < -0.39 is 0 Å². The zero-order valence-electron chi connectivity index (χ0n) is 9.13. The van der Waals surface area contributed by atoms with Gasteiger partial charge in [-0.3, -0.25) is 4.72 Å². The Hall–Kier alpha value is -0.670. The predicted octanol–water partition coefficient (Wildman–Crippen LogP) is 3.09. The Morgan fingerprint density at radius 3 is 2.43 bits per heavy atom. The van der Waals surface area contributed by atoms with E-state index in [0.29, 0.717) is 0 Å². The van der Waals surface area contributed by atoms with Crippen molar-refractivity contribution in [3.63, 3.8) is 0 Å². The number of benzene rings is 1. The molecule has 1 N–H and O–H groups in total. The lowest BCUT2D eigenvalue weighted by atomic mass is 10.1. The standard InChI is InChI=1S/C11H17NOS/c1-11(2,3)12-14-10-8-6-5-7-9(10)13-4/h5-8,12H,1-4H3. The lowest BCUT2D eigenvalue weighted by Crippen LogP contribution is -2.29. The van der Waals surface area contributed by atoms with Gasteiger partial charge in [-0.05, 0) is 44.9 Å². The third-order valence-electron chi connectivity index (χ3n) is 1.54. The largest absolute Gasteiger partial charge is 0.496 e. The van der Waals surface area contributed by atoms with Crippen molar-refractivity contribution in [2.75, 3.05) is 7.11 Å². The maximum absolute atomic E-state index is 5.25. The van der Waals surface area contributed by atoms with Crippen LogP contribution in [0.5, 0.6) is 5.75 Å². The monoisotopic (exact) mass is 211 g/mol. The van der Waals surface area contributed by atoms with Gasteiger partial charge in [0.2, 0.25) is 0 Å². The van der Waals surface area contributed by atoms with E-state index in [1.807, 2.05) is 24.3 Å². The molecular formula is C11H17NOS. The molecule has 14 heavy (non-hydrogen) atoms. The second-order valence-electron chi connectivity index (χ2n) is 4.10. The van der Waals surface area contributed by atoms with Gasteiger partial charge in [0.05, 0.1) is 12.0 Å². The van der Waals surface area contributed by atoms with Gasteiger partial charge >= 0.3 is 0 Å². The molecular weight excluding hydrogens is 194 g/mol. The van der Waals surface area contributed by atoms with Crippen LogP contribution in [0.2, 0.25) is 0 Å². The third kappa shape index (κ3) is 3.60. The van der Waals surface area contributed by atoms with Crippen molar-refractivity contribution in [1.82, 2.24) is 4.72 Å². The fourth-order valence-corrected chi connectivity index (χ4v) is 1.73. The van der Waals surface area contributed by atoms with Crippen LogP contribution in [0.15, 0.2) is 29.2 Å². The molecule has 0 bridgehead atoms. The van der Waals surface area contributed by atoms with Gasteiger partial charge in [-0.1, -0.05) is 12.1 Å². The molecule has 1 aromatic rings. The van der Waals surface area contributed by atoms with Crippen molar-refractivity contribution in [3.8, 4) is 5.75 Å². The van der Waals surface area contributed by atoms with Crippen molar-refractivity contribution < 1.29 is 4.74 Å². The first kappa shape index (κ1) is 11.4. The Balaban J connectivity index is 2.67. The third-order valence-corrected chi connectivity index (χ3v) is 2.81. The molecule has 2 nitrogen and oxygen atoms in total. The molecule has 0 heterocycles. The minimum atomic E-state index is 0.103. The highest BCUT2D eigenvalue weighted by Gasteiger charge is 2.10. The lowest BCUT2D eigenvalue weighted by molar-refractivity contribution is 0.404. The lowest BCUT2D eigenvalue weighted by Gasteiger charge is -2.20. The highest BCUT2D eigenvalue weighted by molar-refractivity contribution is 7.97. The summed E-state index contributed by atoms with van der Waals surface area (Å²) in [6, 6.07) is 7.99. The van der Waals surface area contributed by atoms with E-state index in [2.05, 4.69) is 25.5 Å². The summed E-state index contributed by atoms with van der Waals surface area (Å²) in [6.45, 7) is 6.40. The van der Waals surface area contributed by atoms with Gasteiger partial charge in [0, 0.05) is 5.54 Å². The summed E-state index contributed by atoms with van der Waals surface area (Å²) >= 11 is 1.60. The molecule has 1 rings (SSSR count). The van der Waals surface area contributed by atoms with Crippen LogP contribution in [-0.4, -0.2) is 12.6 Å². The molecule has 78 valence electrons. The van der Waals surface area contributed by atoms with E-state index in [1.54, 1.807) is 19.1 Å². The van der Waals surface area contributed by atoms with Gasteiger partial charge in [-0.2, -0.15) is 0 Å². The van der Waals surface area contributed by atoms with E-state index >= 15 is 0 Å². The summed E-state index contributed by atoms with van der Waals surface area (Å²) in [5.74, 6) is 0.911. The minimum absolute atomic E-state index is 0.103. The Labute approximate surface area is 90.2 Å². The number of para-hydroxylation sites is 1. The Kier molecular flexibility index (Phi) is 3.84. The molecule has 0 fully saturated rings. The van der Waals surface area contributed by atoms with Crippen molar-refractivity contribution in [1.29, 1.82) is 0 Å². The minimum Gasteiger partial charge on any atom is -0.496 e. The quantitative estimate of drug-likeness (QED) is 0.776. The van der Waals surface area contributed by atoms with E-state index in [9.17, 15) is 0 Å². The number of nitrogens with one attached hydrogen (secondary N) is 1. The van der Waals surface area contributed by atoms with Gasteiger partial charge in [0.1, 0.15) is 5.75 Å². The van der Waals surface area contributed by atoms with Crippen LogP contribution in [0, 0.1) is 0 Å². The molecule has 0 atom stereocenters. The van der Waals surface area contributed by atoms with Gasteiger partial charge < -0.3 is 4.74 Å². The second-order valence-corrected chi connectivity index (χ2v) is 4.95. The fraction of sp³-hybridized carbons (Fsp3) is 0.455. The molecule has 0 spiro atoms. The average Bonchev–Trinajstić information content (AvgIpc) is 2.14. The maximum atomic E-state index is 5.25. The van der Waals surface area contributed by atoms with E-state index in [1.165, 1.54) is 0 Å². The van der Waals surface area contributed by atoms with Crippen LogP contribution < -0.4 is 9.46 Å². The number of hydrogen-bond donors (Lipinski definition) is 1. The zero-order valence-corrected chi connectivity index (χ0v) is 9.94. The topological polar surface area (TPSA) is 21.3 Å². The first-order valence-corrected chi connectivity index (χ1v) is 5.41. The molecule has 0 radical (unpaired) electrons. The SMILES string of the molecule is COc1ccccc1SNC(C)(C)C. The van der Waals surface area contributed by atoms with Crippen molar-refractivity contribution in [2.45, 2.75) is 31.2 Å².